The summed E-state index contributed by atoms with van der Waals surface area (Å²) >= 11 is 2.13. The predicted molar refractivity (Wildman–Crippen MR) is 45.1 cm³/mol. The molecule has 0 N–H and O–H groups in total. The molecule has 48 valence electrons. The van der Waals surface area contributed by atoms with E-state index in [0.717, 1.165) is 16.4 Å². The van der Waals surface area contributed by atoms with Crippen LogP contribution in [0.25, 0.3) is 0 Å². The molecular formula is C7H8IN. The van der Waals surface area contributed by atoms with E-state index in [0.29, 0.717) is 0 Å². The first kappa shape index (κ1) is 7.07. The molecule has 0 amide bonds. The molecule has 0 spiro atoms. The summed E-state index contributed by atoms with van der Waals surface area (Å²) in [4.78, 5) is 0. The van der Waals surface area contributed by atoms with Gasteiger partial charge in [-0.25, -0.2) is 0 Å². The van der Waals surface area contributed by atoms with Gasteiger partial charge < -0.3 is 0 Å². The van der Waals surface area contributed by atoms with Crippen LogP contribution in [0, 0.1) is 11.3 Å². The van der Waals surface area contributed by atoms with Crippen LogP contribution >= 0.6 is 22.6 Å². The van der Waals surface area contributed by atoms with Gasteiger partial charge in [-0.1, -0.05) is 0 Å². The van der Waals surface area contributed by atoms with Gasteiger partial charge in [-0.15, -0.1) is 0 Å². The number of hydrogen-bond acceptors (Lipinski definition) is 1. The van der Waals surface area contributed by atoms with Gasteiger partial charge in [0.05, 0.1) is 3.58 Å². The van der Waals surface area contributed by atoms with Gasteiger partial charge in [0.15, 0.2) is 0 Å². The standard InChI is InChI=1S/C7H8IN/c8-7(5-9)6-3-1-2-4-6/h1-4H2. The van der Waals surface area contributed by atoms with Gasteiger partial charge in [0.1, 0.15) is 6.07 Å². The van der Waals surface area contributed by atoms with Crippen LogP contribution in [0.3, 0.4) is 0 Å². The molecule has 2 heteroatoms. The lowest BCUT2D eigenvalue weighted by Gasteiger charge is -1.90. The summed E-state index contributed by atoms with van der Waals surface area (Å²) in [7, 11) is 0. The quantitative estimate of drug-likeness (QED) is 0.466. The molecule has 0 aromatic rings. The summed E-state index contributed by atoms with van der Waals surface area (Å²) in [5, 5.41) is 8.48. The maximum atomic E-state index is 8.48. The number of hydrogen-bond donors (Lipinski definition) is 0. The number of halogens is 1. The fourth-order valence-corrected chi connectivity index (χ4v) is 1.64. The van der Waals surface area contributed by atoms with E-state index in [2.05, 4.69) is 28.7 Å². The minimum absolute atomic E-state index is 0.921. The topological polar surface area (TPSA) is 23.8 Å². The van der Waals surface area contributed by atoms with Crippen LogP contribution in [-0.2, 0) is 0 Å². The largest absolute Gasteiger partial charge is 0.192 e. The molecule has 0 atom stereocenters. The maximum Gasteiger partial charge on any atom is 0.106 e. The molecule has 0 heterocycles. The predicted octanol–water partition coefficient (Wildman–Crippen LogP) is 2.77. The Balaban J connectivity index is 2.70. The summed E-state index contributed by atoms with van der Waals surface area (Å²) in [6, 6.07) is 2.17. The van der Waals surface area contributed by atoms with E-state index in [-0.39, 0.29) is 0 Å². The number of rotatable bonds is 0. The van der Waals surface area contributed by atoms with Crippen molar-refractivity contribution < 1.29 is 0 Å². The first-order chi connectivity index (χ1) is 4.34. The molecule has 0 aliphatic heterocycles. The zero-order chi connectivity index (χ0) is 6.69. The smallest absolute Gasteiger partial charge is 0.106 e. The number of allylic oxidation sites excluding steroid dienone is 2. The second kappa shape index (κ2) is 3.21. The van der Waals surface area contributed by atoms with Gasteiger partial charge in [-0.3, -0.25) is 0 Å². The second-order valence-corrected chi connectivity index (χ2v) is 3.32. The first-order valence-electron chi connectivity index (χ1n) is 3.12. The van der Waals surface area contributed by atoms with E-state index in [1.165, 1.54) is 18.4 Å². The van der Waals surface area contributed by atoms with E-state index in [9.17, 15) is 0 Å². The van der Waals surface area contributed by atoms with E-state index in [1.54, 1.807) is 0 Å². The molecule has 9 heavy (non-hydrogen) atoms. The SMILES string of the molecule is N#CC(I)=C1CCCC1. The van der Waals surface area contributed by atoms with Crippen molar-refractivity contribution in [1.29, 1.82) is 5.26 Å². The van der Waals surface area contributed by atoms with Gasteiger partial charge in [0.25, 0.3) is 0 Å². The van der Waals surface area contributed by atoms with Crippen molar-refractivity contribution in [3.8, 4) is 6.07 Å². The molecule has 1 rings (SSSR count). The Kier molecular flexibility index (Phi) is 2.52. The van der Waals surface area contributed by atoms with E-state index >= 15 is 0 Å². The van der Waals surface area contributed by atoms with Crippen LogP contribution in [-0.4, -0.2) is 0 Å². The molecule has 0 aromatic carbocycles. The van der Waals surface area contributed by atoms with Crippen molar-refractivity contribution in [2.45, 2.75) is 25.7 Å². The highest BCUT2D eigenvalue weighted by Crippen LogP contribution is 2.28. The van der Waals surface area contributed by atoms with Crippen LogP contribution in [0.4, 0.5) is 0 Å². The molecule has 0 aromatic heterocycles. The molecule has 1 nitrogen and oxygen atoms in total. The van der Waals surface area contributed by atoms with Crippen LogP contribution in [0.1, 0.15) is 25.7 Å². The third-order valence-corrected chi connectivity index (χ3v) is 2.62. The summed E-state index contributed by atoms with van der Waals surface area (Å²) in [5.74, 6) is 0. The maximum absolute atomic E-state index is 8.48. The minimum Gasteiger partial charge on any atom is -0.192 e. The van der Waals surface area contributed by atoms with Crippen molar-refractivity contribution in [2.24, 2.45) is 0 Å². The minimum atomic E-state index is 0.921. The van der Waals surface area contributed by atoms with Crippen molar-refractivity contribution in [3.05, 3.63) is 9.15 Å². The molecule has 1 aliphatic rings. The summed E-state index contributed by atoms with van der Waals surface area (Å²) in [6.07, 6.45) is 4.88. The van der Waals surface area contributed by atoms with E-state index in [1.807, 2.05) is 0 Å². The van der Waals surface area contributed by atoms with Gasteiger partial charge >= 0.3 is 0 Å². The Morgan fingerprint density at radius 2 is 2.00 bits per heavy atom. The molecule has 1 aliphatic carbocycles. The normalized spacial score (nSPS) is 17.6. The highest BCUT2D eigenvalue weighted by Gasteiger charge is 2.09. The molecule has 0 radical (unpaired) electrons. The van der Waals surface area contributed by atoms with Gasteiger partial charge in [0.2, 0.25) is 0 Å². The molecule has 1 fully saturated rings. The van der Waals surface area contributed by atoms with E-state index < -0.39 is 0 Å². The highest BCUT2D eigenvalue weighted by atomic mass is 127. The summed E-state index contributed by atoms with van der Waals surface area (Å²) in [6.45, 7) is 0. The Labute approximate surface area is 68.9 Å². The van der Waals surface area contributed by atoms with Crippen molar-refractivity contribution >= 4 is 22.6 Å². The van der Waals surface area contributed by atoms with Crippen LogP contribution in [0.5, 0.6) is 0 Å². The van der Waals surface area contributed by atoms with Crippen molar-refractivity contribution in [2.75, 3.05) is 0 Å². The van der Waals surface area contributed by atoms with E-state index in [4.69, 9.17) is 5.26 Å². The zero-order valence-corrected chi connectivity index (χ0v) is 7.31. The van der Waals surface area contributed by atoms with Gasteiger partial charge in [-0.05, 0) is 53.8 Å². The summed E-state index contributed by atoms with van der Waals surface area (Å²) < 4.78 is 0.921. The second-order valence-electron chi connectivity index (χ2n) is 2.24. The molecule has 0 saturated heterocycles. The number of nitriles is 1. The van der Waals surface area contributed by atoms with Gasteiger partial charge in [0, 0.05) is 0 Å². The van der Waals surface area contributed by atoms with Crippen molar-refractivity contribution in [3.63, 3.8) is 0 Å². The summed E-state index contributed by atoms with van der Waals surface area (Å²) in [5.41, 5.74) is 1.37. The van der Waals surface area contributed by atoms with Crippen molar-refractivity contribution in [1.82, 2.24) is 0 Å². The average Bonchev–Trinajstić information content (AvgIpc) is 2.37. The molecular weight excluding hydrogens is 225 g/mol. The molecule has 0 unspecified atom stereocenters. The lowest BCUT2D eigenvalue weighted by molar-refractivity contribution is 0.886. The number of nitrogens with zero attached hydrogens (tertiary/aromatic N) is 1. The monoisotopic (exact) mass is 233 g/mol. The third-order valence-electron chi connectivity index (χ3n) is 1.62. The Hall–Kier alpha value is -0.0400. The first-order valence-corrected chi connectivity index (χ1v) is 4.20. The Bertz CT molecular complexity index is 168. The molecule has 0 bridgehead atoms. The fourth-order valence-electron chi connectivity index (χ4n) is 1.10. The lowest BCUT2D eigenvalue weighted by atomic mass is 10.2. The van der Waals surface area contributed by atoms with Gasteiger partial charge in [-0.2, -0.15) is 5.26 Å². The fraction of sp³-hybridized carbons (Fsp3) is 0.571. The third kappa shape index (κ3) is 1.68. The van der Waals surface area contributed by atoms with Crippen LogP contribution < -0.4 is 0 Å². The van der Waals surface area contributed by atoms with Crippen LogP contribution in [0.15, 0.2) is 9.15 Å². The Morgan fingerprint density at radius 1 is 1.44 bits per heavy atom. The Morgan fingerprint density at radius 3 is 2.44 bits per heavy atom. The van der Waals surface area contributed by atoms with Crippen LogP contribution in [0.2, 0.25) is 0 Å². The molecule has 1 saturated carbocycles. The highest BCUT2D eigenvalue weighted by molar-refractivity contribution is 14.1. The zero-order valence-electron chi connectivity index (χ0n) is 5.15. The lowest BCUT2D eigenvalue weighted by Crippen LogP contribution is -1.73. The average molecular weight is 233 g/mol.